The largest absolute Gasteiger partial charge is 0.376 e. The summed E-state index contributed by atoms with van der Waals surface area (Å²) in [6.45, 7) is 9.67. The van der Waals surface area contributed by atoms with Crippen LogP contribution in [0.25, 0.3) is 0 Å². The summed E-state index contributed by atoms with van der Waals surface area (Å²) in [4.78, 5) is 11.9. The summed E-state index contributed by atoms with van der Waals surface area (Å²) >= 11 is 0. The molecule has 0 radical (unpaired) electrons. The van der Waals surface area contributed by atoms with Gasteiger partial charge in [0.05, 0.1) is 25.9 Å². The lowest BCUT2D eigenvalue weighted by atomic mass is 9.76. The molecule has 2 unspecified atom stereocenters. The van der Waals surface area contributed by atoms with E-state index in [1.807, 2.05) is 0 Å². The summed E-state index contributed by atoms with van der Waals surface area (Å²) in [7, 11) is 0. The number of nitrogens with one attached hydrogen (secondary N) is 1. The van der Waals surface area contributed by atoms with Crippen LogP contribution in [0.1, 0.15) is 40.0 Å². The third-order valence-electron chi connectivity index (χ3n) is 3.87. The van der Waals surface area contributed by atoms with Gasteiger partial charge in [0.1, 0.15) is 0 Å². The maximum atomic E-state index is 11.9. The molecule has 1 aliphatic rings. The van der Waals surface area contributed by atoms with E-state index in [9.17, 15) is 4.79 Å². The van der Waals surface area contributed by atoms with E-state index in [-0.39, 0.29) is 17.4 Å². The molecule has 1 amide bonds. The molecule has 5 nitrogen and oxygen atoms in total. The van der Waals surface area contributed by atoms with Crippen LogP contribution in [-0.4, -0.2) is 44.9 Å². The third-order valence-corrected chi connectivity index (χ3v) is 3.87. The van der Waals surface area contributed by atoms with E-state index >= 15 is 0 Å². The quantitative estimate of drug-likeness (QED) is 0.740. The van der Waals surface area contributed by atoms with Crippen LogP contribution in [0, 0.1) is 11.3 Å². The number of nitrogens with two attached hydrogens (primary N) is 1. The fourth-order valence-corrected chi connectivity index (χ4v) is 2.49. The van der Waals surface area contributed by atoms with E-state index in [1.165, 1.54) is 0 Å². The summed E-state index contributed by atoms with van der Waals surface area (Å²) in [5.74, 6) is 0.568. The van der Waals surface area contributed by atoms with Crippen LogP contribution < -0.4 is 11.1 Å². The van der Waals surface area contributed by atoms with Crippen LogP contribution in [0.4, 0.5) is 0 Å². The number of ether oxygens (including phenoxy) is 2. The molecule has 2 atom stereocenters. The van der Waals surface area contributed by atoms with Gasteiger partial charge >= 0.3 is 0 Å². The Hall–Kier alpha value is -0.650. The van der Waals surface area contributed by atoms with Gasteiger partial charge in [0, 0.05) is 13.0 Å². The van der Waals surface area contributed by atoms with Crippen molar-refractivity contribution in [3.8, 4) is 0 Å². The van der Waals surface area contributed by atoms with Crippen LogP contribution >= 0.6 is 0 Å². The van der Waals surface area contributed by atoms with Crippen molar-refractivity contribution in [3.05, 3.63) is 0 Å². The Bertz CT molecular complexity index is 283. The molecule has 5 heteroatoms. The topological polar surface area (TPSA) is 73.6 Å². The fraction of sp³-hybridized carbons (Fsp3) is 0.933. The second-order valence-corrected chi connectivity index (χ2v) is 6.55. The first-order valence-electron chi connectivity index (χ1n) is 7.59. The number of carbonyl (C=O) groups excluding carboxylic acids is 1. The van der Waals surface area contributed by atoms with Crippen LogP contribution in [0.15, 0.2) is 0 Å². The van der Waals surface area contributed by atoms with Gasteiger partial charge < -0.3 is 20.5 Å². The Labute approximate surface area is 122 Å². The van der Waals surface area contributed by atoms with Gasteiger partial charge in [-0.3, -0.25) is 4.79 Å². The fourth-order valence-electron chi connectivity index (χ4n) is 2.49. The zero-order valence-electron chi connectivity index (χ0n) is 13.1. The first-order chi connectivity index (χ1) is 9.43. The average Bonchev–Trinajstić information content (AvgIpc) is 2.41. The Morgan fingerprint density at radius 1 is 1.35 bits per heavy atom. The van der Waals surface area contributed by atoms with Gasteiger partial charge in [-0.2, -0.15) is 0 Å². The molecule has 1 heterocycles. The molecule has 118 valence electrons. The van der Waals surface area contributed by atoms with E-state index in [2.05, 4.69) is 26.1 Å². The van der Waals surface area contributed by atoms with Gasteiger partial charge in [0.15, 0.2) is 0 Å². The van der Waals surface area contributed by atoms with Crippen molar-refractivity contribution in [2.24, 2.45) is 17.1 Å². The van der Waals surface area contributed by atoms with E-state index in [0.717, 1.165) is 12.8 Å². The molecule has 0 bridgehead atoms. The van der Waals surface area contributed by atoms with Crippen molar-refractivity contribution < 1.29 is 14.3 Å². The third kappa shape index (κ3) is 6.68. The van der Waals surface area contributed by atoms with Gasteiger partial charge in [0.25, 0.3) is 0 Å². The SMILES string of the molecule is CC(C)(C)C(CCN)CCC(=O)NCC1COCCO1. The zero-order valence-corrected chi connectivity index (χ0v) is 13.1. The predicted molar refractivity (Wildman–Crippen MR) is 79.4 cm³/mol. The van der Waals surface area contributed by atoms with E-state index in [1.54, 1.807) is 0 Å². The minimum Gasteiger partial charge on any atom is -0.376 e. The summed E-state index contributed by atoms with van der Waals surface area (Å²) in [6, 6.07) is 0. The predicted octanol–water partition coefficient (Wildman–Crippen LogP) is 1.31. The summed E-state index contributed by atoms with van der Waals surface area (Å²) < 4.78 is 10.8. The Balaban J connectivity index is 2.23. The van der Waals surface area contributed by atoms with Crippen molar-refractivity contribution in [1.82, 2.24) is 5.32 Å². The number of amides is 1. The summed E-state index contributed by atoms with van der Waals surface area (Å²) in [6.07, 6.45) is 2.40. The molecule has 1 saturated heterocycles. The van der Waals surface area contributed by atoms with Gasteiger partial charge in [0.2, 0.25) is 5.91 Å². The van der Waals surface area contributed by atoms with Crippen molar-refractivity contribution >= 4 is 5.91 Å². The zero-order chi connectivity index (χ0) is 15.0. The number of rotatable bonds is 7. The maximum Gasteiger partial charge on any atom is 0.220 e. The van der Waals surface area contributed by atoms with Crippen molar-refractivity contribution in [1.29, 1.82) is 0 Å². The highest BCUT2D eigenvalue weighted by molar-refractivity contribution is 5.75. The van der Waals surface area contributed by atoms with Gasteiger partial charge in [-0.1, -0.05) is 20.8 Å². The molecular weight excluding hydrogens is 256 g/mol. The van der Waals surface area contributed by atoms with Crippen LogP contribution in [0.5, 0.6) is 0 Å². The molecule has 0 aromatic rings. The molecule has 0 aromatic carbocycles. The molecule has 0 aromatic heterocycles. The Morgan fingerprint density at radius 2 is 2.10 bits per heavy atom. The Kier molecular flexibility index (Phi) is 7.48. The molecule has 3 N–H and O–H groups in total. The highest BCUT2D eigenvalue weighted by Crippen LogP contribution is 2.31. The standard InChI is InChI=1S/C15H30N2O3/c1-15(2,3)12(6-7-16)4-5-14(18)17-10-13-11-19-8-9-20-13/h12-13H,4-11,16H2,1-3H3,(H,17,18). The lowest BCUT2D eigenvalue weighted by Crippen LogP contribution is -2.39. The van der Waals surface area contributed by atoms with Crippen LogP contribution in [0.3, 0.4) is 0 Å². The average molecular weight is 286 g/mol. The maximum absolute atomic E-state index is 11.9. The van der Waals surface area contributed by atoms with Gasteiger partial charge in [-0.15, -0.1) is 0 Å². The smallest absolute Gasteiger partial charge is 0.220 e. The van der Waals surface area contributed by atoms with E-state index in [0.29, 0.717) is 45.2 Å². The monoisotopic (exact) mass is 286 g/mol. The first-order valence-corrected chi connectivity index (χ1v) is 7.59. The highest BCUT2D eigenvalue weighted by atomic mass is 16.6. The van der Waals surface area contributed by atoms with Crippen molar-refractivity contribution in [2.45, 2.75) is 46.1 Å². The van der Waals surface area contributed by atoms with Gasteiger partial charge in [-0.25, -0.2) is 0 Å². The van der Waals surface area contributed by atoms with Crippen LogP contribution in [-0.2, 0) is 14.3 Å². The normalized spacial score (nSPS) is 21.5. The minimum absolute atomic E-state index is 0.00449. The molecule has 0 aliphatic carbocycles. The Morgan fingerprint density at radius 3 is 2.65 bits per heavy atom. The lowest BCUT2D eigenvalue weighted by molar-refractivity contribution is -0.124. The number of hydrogen-bond acceptors (Lipinski definition) is 4. The second kappa shape index (κ2) is 8.60. The van der Waals surface area contributed by atoms with Crippen molar-refractivity contribution in [2.75, 3.05) is 32.9 Å². The molecule has 1 fully saturated rings. The minimum atomic E-state index is -0.00449. The summed E-state index contributed by atoms with van der Waals surface area (Å²) in [5.41, 5.74) is 5.85. The van der Waals surface area contributed by atoms with Gasteiger partial charge in [-0.05, 0) is 30.7 Å². The summed E-state index contributed by atoms with van der Waals surface area (Å²) in [5, 5.41) is 2.93. The number of hydrogen-bond donors (Lipinski definition) is 2. The second-order valence-electron chi connectivity index (χ2n) is 6.55. The molecule has 20 heavy (non-hydrogen) atoms. The molecular formula is C15H30N2O3. The lowest BCUT2D eigenvalue weighted by Gasteiger charge is -2.30. The number of carbonyl (C=O) groups is 1. The molecule has 1 aliphatic heterocycles. The van der Waals surface area contributed by atoms with E-state index in [4.69, 9.17) is 15.2 Å². The molecule has 1 rings (SSSR count). The highest BCUT2D eigenvalue weighted by Gasteiger charge is 2.24. The molecule has 0 spiro atoms. The molecule has 0 saturated carbocycles. The first kappa shape index (κ1) is 17.4. The van der Waals surface area contributed by atoms with E-state index < -0.39 is 0 Å². The van der Waals surface area contributed by atoms with Crippen molar-refractivity contribution in [3.63, 3.8) is 0 Å². The van der Waals surface area contributed by atoms with Crippen LogP contribution in [0.2, 0.25) is 0 Å².